The van der Waals surface area contributed by atoms with Gasteiger partial charge in [-0.05, 0) is 49.6 Å². The summed E-state index contributed by atoms with van der Waals surface area (Å²) >= 11 is 0. The van der Waals surface area contributed by atoms with E-state index in [-0.39, 0.29) is 23.1 Å². The van der Waals surface area contributed by atoms with E-state index in [1.807, 2.05) is 25.1 Å². The van der Waals surface area contributed by atoms with Gasteiger partial charge in [0.1, 0.15) is 5.56 Å². The molecule has 24 heavy (non-hydrogen) atoms. The fraction of sp³-hybridized carbons (Fsp3) is 0.368. The molecule has 5 nitrogen and oxygen atoms in total. The molecule has 2 aromatic rings. The number of rotatable bonds is 3. The molecule has 1 aliphatic heterocycles. The molecule has 0 spiro atoms. The van der Waals surface area contributed by atoms with Crippen molar-refractivity contribution < 1.29 is 4.79 Å². The number of aromatic amines is 1. The predicted octanol–water partition coefficient (Wildman–Crippen LogP) is 2.73. The summed E-state index contributed by atoms with van der Waals surface area (Å²) < 4.78 is 0. The summed E-state index contributed by atoms with van der Waals surface area (Å²) in [7, 11) is 4.01. The molecule has 1 atom stereocenters. The number of nitrogens with one attached hydrogen (secondary N) is 1. The number of likely N-dealkylation sites (tertiary alicyclic amines) is 1. The lowest BCUT2D eigenvalue weighted by Crippen LogP contribution is -2.34. The molecular weight excluding hydrogens is 302 g/mol. The minimum Gasteiger partial charge on any atom is -0.378 e. The molecule has 2 heterocycles. The van der Waals surface area contributed by atoms with Crippen molar-refractivity contribution in [2.24, 2.45) is 0 Å². The third-order valence-electron chi connectivity index (χ3n) is 4.57. The topological polar surface area (TPSA) is 56.4 Å². The Labute approximate surface area is 141 Å². The number of hydrogen-bond donors (Lipinski definition) is 1. The molecule has 0 radical (unpaired) electrons. The molecule has 0 unspecified atom stereocenters. The lowest BCUT2D eigenvalue weighted by molar-refractivity contribution is 0.0734. The van der Waals surface area contributed by atoms with E-state index in [0.717, 1.165) is 29.8 Å². The van der Waals surface area contributed by atoms with Crippen LogP contribution in [0.2, 0.25) is 0 Å². The highest BCUT2D eigenvalue weighted by atomic mass is 16.2. The lowest BCUT2D eigenvalue weighted by atomic mass is 10.0. The first-order chi connectivity index (χ1) is 11.5. The minimum absolute atomic E-state index is 0.0260. The Balaban J connectivity index is 1.92. The zero-order valence-corrected chi connectivity index (χ0v) is 14.4. The normalized spacial score (nSPS) is 17.1. The number of carbonyl (C=O) groups excluding carboxylic acids is 1. The van der Waals surface area contributed by atoms with E-state index >= 15 is 0 Å². The molecule has 1 fully saturated rings. The lowest BCUT2D eigenvalue weighted by Gasteiger charge is -2.26. The average molecular weight is 325 g/mol. The highest BCUT2D eigenvalue weighted by molar-refractivity contribution is 5.94. The molecule has 1 aromatic heterocycles. The van der Waals surface area contributed by atoms with Gasteiger partial charge in [0.15, 0.2) is 0 Å². The van der Waals surface area contributed by atoms with Crippen LogP contribution in [0.15, 0.2) is 41.2 Å². The van der Waals surface area contributed by atoms with Gasteiger partial charge in [-0.2, -0.15) is 0 Å². The number of amides is 1. The Bertz CT molecular complexity index is 810. The smallest absolute Gasteiger partial charge is 0.260 e. The fourth-order valence-electron chi connectivity index (χ4n) is 3.26. The first-order valence-electron chi connectivity index (χ1n) is 8.25. The first-order valence-corrected chi connectivity index (χ1v) is 8.25. The maximum absolute atomic E-state index is 12.9. The summed E-state index contributed by atoms with van der Waals surface area (Å²) in [5.41, 5.74) is 2.90. The van der Waals surface area contributed by atoms with Crippen LogP contribution in [0.25, 0.3) is 0 Å². The molecule has 0 aliphatic carbocycles. The first kappa shape index (κ1) is 16.3. The van der Waals surface area contributed by atoms with Crippen LogP contribution in [-0.2, 0) is 0 Å². The third-order valence-corrected chi connectivity index (χ3v) is 4.57. The predicted molar refractivity (Wildman–Crippen MR) is 95.6 cm³/mol. The number of nitrogens with zero attached hydrogens (tertiary/aromatic N) is 2. The van der Waals surface area contributed by atoms with E-state index in [4.69, 9.17) is 0 Å². The minimum atomic E-state index is -0.312. The van der Waals surface area contributed by atoms with Gasteiger partial charge in [-0.3, -0.25) is 9.59 Å². The third kappa shape index (κ3) is 3.07. The highest BCUT2D eigenvalue weighted by Gasteiger charge is 2.31. The van der Waals surface area contributed by atoms with Gasteiger partial charge in [-0.1, -0.05) is 12.1 Å². The second kappa shape index (κ2) is 6.51. The van der Waals surface area contributed by atoms with Crippen molar-refractivity contribution in [1.29, 1.82) is 0 Å². The molecular formula is C19H23N3O2. The van der Waals surface area contributed by atoms with Crippen LogP contribution in [0.5, 0.6) is 0 Å². The highest BCUT2D eigenvalue weighted by Crippen LogP contribution is 2.34. The van der Waals surface area contributed by atoms with Crippen molar-refractivity contribution in [2.45, 2.75) is 25.8 Å². The molecule has 0 saturated carbocycles. The van der Waals surface area contributed by atoms with Crippen molar-refractivity contribution >= 4 is 11.6 Å². The Hall–Kier alpha value is -2.56. The molecule has 3 rings (SSSR count). The number of aromatic nitrogens is 1. The summed E-state index contributed by atoms with van der Waals surface area (Å²) in [6.45, 7) is 2.49. The van der Waals surface area contributed by atoms with Crippen LogP contribution in [-0.4, -0.2) is 36.4 Å². The number of benzene rings is 1. The summed E-state index contributed by atoms with van der Waals surface area (Å²) in [5, 5.41) is 0. The molecule has 1 aromatic carbocycles. The number of anilines is 1. The summed E-state index contributed by atoms with van der Waals surface area (Å²) in [5.74, 6) is -0.186. The van der Waals surface area contributed by atoms with E-state index in [0.29, 0.717) is 6.54 Å². The van der Waals surface area contributed by atoms with Gasteiger partial charge in [0.25, 0.3) is 11.5 Å². The van der Waals surface area contributed by atoms with Crippen LogP contribution in [0, 0.1) is 6.92 Å². The largest absolute Gasteiger partial charge is 0.378 e. The van der Waals surface area contributed by atoms with Gasteiger partial charge in [0, 0.05) is 32.0 Å². The van der Waals surface area contributed by atoms with Crippen molar-refractivity contribution in [3.05, 3.63) is 63.6 Å². The Morgan fingerprint density at radius 2 is 2.04 bits per heavy atom. The standard InChI is InChI=1S/C19H23N3O2/c1-13-9-10-16(18(23)20-13)19(24)22-11-5-8-17(22)14-6-4-7-15(12-14)21(2)3/h4,6-7,9-10,12,17H,5,8,11H2,1-3H3,(H,20,23)/t17-/m1/s1. The second-order valence-corrected chi connectivity index (χ2v) is 6.53. The fourth-order valence-corrected chi connectivity index (χ4v) is 3.26. The van der Waals surface area contributed by atoms with Crippen LogP contribution in [0.4, 0.5) is 5.69 Å². The average Bonchev–Trinajstić information content (AvgIpc) is 3.04. The van der Waals surface area contributed by atoms with E-state index in [1.54, 1.807) is 19.1 Å². The van der Waals surface area contributed by atoms with E-state index in [2.05, 4.69) is 28.1 Å². The molecule has 1 amide bonds. The molecule has 1 saturated heterocycles. The van der Waals surface area contributed by atoms with Gasteiger partial charge in [-0.25, -0.2) is 0 Å². The van der Waals surface area contributed by atoms with Crippen LogP contribution in [0.1, 0.15) is 40.5 Å². The van der Waals surface area contributed by atoms with Gasteiger partial charge in [0.05, 0.1) is 6.04 Å². The van der Waals surface area contributed by atoms with Crippen molar-refractivity contribution in [3.8, 4) is 0 Å². The Morgan fingerprint density at radius 1 is 1.25 bits per heavy atom. The van der Waals surface area contributed by atoms with Gasteiger partial charge in [-0.15, -0.1) is 0 Å². The Kier molecular flexibility index (Phi) is 4.42. The quantitative estimate of drug-likeness (QED) is 0.944. The maximum Gasteiger partial charge on any atom is 0.260 e. The summed E-state index contributed by atoms with van der Waals surface area (Å²) in [6, 6.07) is 11.7. The van der Waals surface area contributed by atoms with Crippen molar-refractivity contribution in [2.75, 3.05) is 25.5 Å². The number of H-pyrrole nitrogens is 1. The van der Waals surface area contributed by atoms with E-state index < -0.39 is 0 Å². The monoisotopic (exact) mass is 325 g/mol. The molecule has 5 heteroatoms. The maximum atomic E-state index is 12.9. The molecule has 0 bridgehead atoms. The molecule has 1 aliphatic rings. The zero-order chi connectivity index (χ0) is 17.3. The van der Waals surface area contributed by atoms with Crippen LogP contribution >= 0.6 is 0 Å². The van der Waals surface area contributed by atoms with Crippen molar-refractivity contribution in [3.63, 3.8) is 0 Å². The van der Waals surface area contributed by atoms with Crippen molar-refractivity contribution in [1.82, 2.24) is 9.88 Å². The second-order valence-electron chi connectivity index (χ2n) is 6.53. The number of aryl methyl sites for hydroxylation is 1. The summed E-state index contributed by atoms with van der Waals surface area (Å²) in [4.78, 5) is 31.6. The van der Waals surface area contributed by atoms with Crippen LogP contribution < -0.4 is 10.5 Å². The van der Waals surface area contributed by atoms with E-state index in [1.165, 1.54) is 0 Å². The molecule has 126 valence electrons. The number of carbonyl (C=O) groups is 1. The SMILES string of the molecule is Cc1ccc(C(=O)N2CCC[C@@H]2c2cccc(N(C)C)c2)c(=O)[nH]1. The molecule has 1 N–H and O–H groups in total. The number of pyridine rings is 1. The van der Waals surface area contributed by atoms with E-state index in [9.17, 15) is 9.59 Å². The van der Waals surface area contributed by atoms with Gasteiger partial charge in [0.2, 0.25) is 0 Å². The van der Waals surface area contributed by atoms with Gasteiger partial charge < -0.3 is 14.8 Å². The number of hydrogen-bond acceptors (Lipinski definition) is 3. The Morgan fingerprint density at radius 3 is 2.75 bits per heavy atom. The van der Waals surface area contributed by atoms with Crippen LogP contribution in [0.3, 0.4) is 0 Å². The summed E-state index contributed by atoms with van der Waals surface area (Å²) in [6.07, 6.45) is 1.87. The van der Waals surface area contributed by atoms with Gasteiger partial charge >= 0.3 is 0 Å². The zero-order valence-electron chi connectivity index (χ0n) is 14.4.